The highest BCUT2D eigenvalue weighted by atomic mass is 16.5. The average Bonchev–Trinajstić information content (AvgIpc) is 2.37. The Morgan fingerprint density at radius 3 is 2.72 bits per heavy atom. The van der Waals surface area contributed by atoms with Gasteiger partial charge >= 0.3 is 0 Å². The van der Waals surface area contributed by atoms with Gasteiger partial charge in [0.2, 0.25) is 0 Å². The van der Waals surface area contributed by atoms with Crippen molar-refractivity contribution < 1.29 is 9.84 Å². The lowest BCUT2D eigenvalue weighted by Gasteiger charge is -2.21. The molecule has 0 aliphatic rings. The van der Waals surface area contributed by atoms with Crippen molar-refractivity contribution in [1.82, 2.24) is 5.32 Å². The van der Waals surface area contributed by atoms with Crippen molar-refractivity contribution in [2.75, 3.05) is 7.11 Å². The van der Waals surface area contributed by atoms with Gasteiger partial charge in [0.05, 0.1) is 19.6 Å². The number of ether oxygens (including phenoxy) is 1. The fourth-order valence-electron chi connectivity index (χ4n) is 1.89. The number of methoxy groups -OCH3 is 1. The fraction of sp³-hybridized carbons (Fsp3) is 0.500. The summed E-state index contributed by atoms with van der Waals surface area (Å²) in [7, 11) is 1.57. The van der Waals surface area contributed by atoms with Crippen molar-refractivity contribution in [3.8, 4) is 17.6 Å². The first kappa shape index (κ1) is 14.3. The second-order valence-electron chi connectivity index (χ2n) is 4.28. The van der Waals surface area contributed by atoms with Crippen molar-refractivity contribution in [2.45, 2.75) is 38.8 Å². The van der Waals surface area contributed by atoms with Crippen molar-refractivity contribution in [3.63, 3.8) is 0 Å². The molecule has 2 atom stereocenters. The number of nitrogens with one attached hydrogen (secondary N) is 1. The Balaban J connectivity index is 2.77. The molecule has 4 heteroatoms. The van der Waals surface area contributed by atoms with Gasteiger partial charge < -0.3 is 15.2 Å². The van der Waals surface area contributed by atoms with Gasteiger partial charge in [-0.25, -0.2) is 0 Å². The van der Waals surface area contributed by atoms with E-state index in [0.29, 0.717) is 12.2 Å². The van der Waals surface area contributed by atoms with E-state index in [1.165, 1.54) is 0 Å². The quantitative estimate of drug-likeness (QED) is 0.812. The standard InChI is InChI=1S/C14H20N2O2/c1-4-11(7-8-15)16-10(2)13-6-5-12(18-3)9-14(13)17/h5-6,9-11,16-17H,4,7H2,1-3H3. The number of hydrogen-bond donors (Lipinski definition) is 2. The zero-order valence-electron chi connectivity index (χ0n) is 11.1. The summed E-state index contributed by atoms with van der Waals surface area (Å²) in [6, 6.07) is 7.56. The predicted molar refractivity (Wildman–Crippen MR) is 70.5 cm³/mol. The van der Waals surface area contributed by atoms with Crippen LogP contribution < -0.4 is 10.1 Å². The van der Waals surface area contributed by atoms with Crippen molar-refractivity contribution in [3.05, 3.63) is 23.8 Å². The van der Waals surface area contributed by atoms with Gasteiger partial charge in [-0.1, -0.05) is 13.0 Å². The van der Waals surface area contributed by atoms with Gasteiger partial charge in [-0.15, -0.1) is 0 Å². The fourth-order valence-corrected chi connectivity index (χ4v) is 1.89. The summed E-state index contributed by atoms with van der Waals surface area (Å²) in [5.41, 5.74) is 0.812. The third-order valence-electron chi connectivity index (χ3n) is 3.02. The van der Waals surface area contributed by atoms with Gasteiger partial charge in [0, 0.05) is 23.7 Å². The summed E-state index contributed by atoms with van der Waals surface area (Å²) in [6.07, 6.45) is 1.35. The molecule has 98 valence electrons. The van der Waals surface area contributed by atoms with Gasteiger partial charge in [-0.2, -0.15) is 5.26 Å². The Morgan fingerprint density at radius 1 is 1.50 bits per heavy atom. The molecule has 1 aromatic rings. The minimum atomic E-state index is -0.00536. The molecule has 4 nitrogen and oxygen atoms in total. The van der Waals surface area contributed by atoms with Gasteiger partial charge in [0.25, 0.3) is 0 Å². The number of benzene rings is 1. The molecule has 1 aromatic carbocycles. The normalized spacial score (nSPS) is 13.7. The van der Waals surface area contributed by atoms with Crippen molar-refractivity contribution >= 4 is 0 Å². The molecule has 18 heavy (non-hydrogen) atoms. The van der Waals surface area contributed by atoms with Crippen LogP contribution in [0.25, 0.3) is 0 Å². The van der Waals surface area contributed by atoms with Crippen LogP contribution in [0, 0.1) is 11.3 Å². The molecule has 0 radical (unpaired) electrons. The van der Waals surface area contributed by atoms with E-state index in [2.05, 4.69) is 11.4 Å². The first-order valence-electron chi connectivity index (χ1n) is 6.12. The van der Waals surface area contributed by atoms with Gasteiger partial charge in [0.15, 0.2) is 0 Å². The zero-order chi connectivity index (χ0) is 13.5. The van der Waals surface area contributed by atoms with Crippen LogP contribution in [-0.4, -0.2) is 18.3 Å². The Labute approximate surface area is 108 Å². The summed E-state index contributed by atoms with van der Waals surface area (Å²) in [5, 5.41) is 22.0. The van der Waals surface area contributed by atoms with Crippen LogP contribution in [0.4, 0.5) is 0 Å². The molecule has 0 aromatic heterocycles. The average molecular weight is 248 g/mol. The molecule has 0 spiro atoms. The number of phenolic OH excluding ortho intramolecular Hbond substituents is 1. The van der Waals surface area contributed by atoms with Gasteiger partial charge in [0.1, 0.15) is 11.5 Å². The largest absolute Gasteiger partial charge is 0.507 e. The molecule has 0 amide bonds. The van der Waals surface area contributed by atoms with Gasteiger partial charge in [-0.3, -0.25) is 0 Å². The van der Waals surface area contributed by atoms with Crippen molar-refractivity contribution in [1.29, 1.82) is 5.26 Å². The van der Waals surface area contributed by atoms with Crippen LogP contribution in [0.15, 0.2) is 18.2 Å². The Hall–Kier alpha value is -1.73. The van der Waals surface area contributed by atoms with E-state index in [0.717, 1.165) is 12.0 Å². The molecule has 2 N–H and O–H groups in total. The molecule has 0 fully saturated rings. The van der Waals surface area contributed by atoms with E-state index in [4.69, 9.17) is 10.00 Å². The molecule has 1 rings (SSSR count). The molecular formula is C14H20N2O2. The Bertz CT molecular complexity index is 426. The molecule has 0 aliphatic heterocycles. The molecule has 0 heterocycles. The first-order valence-corrected chi connectivity index (χ1v) is 6.12. The summed E-state index contributed by atoms with van der Waals surface area (Å²) < 4.78 is 5.05. The van der Waals surface area contributed by atoms with E-state index < -0.39 is 0 Å². The maximum atomic E-state index is 9.92. The maximum absolute atomic E-state index is 9.92. The second-order valence-corrected chi connectivity index (χ2v) is 4.28. The van der Waals surface area contributed by atoms with Crippen LogP contribution in [-0.2, 0) is 0 Å². The highest BCUT2D eigenvalue weighted by molar-refractivity contribution is 5.41. The number of rotatable bonds is 6. The maximum Gasteiger partial charge on any atom is 0.124 e. The predicted octanol–water partition coefficient (Wildman–Crippen LogP) is 2.74. The topological polar surface area (TPSA) is 65.3 Å². The van der Waals surface area contributed by atoms with E-state index in [1.807, 2.05) is 26.0 Å². The lowest BCUT2D eigenvalue weighted by molar-refractivity contribution is 0.398. The van der Waals surface area contributed by atoms with Crippen LogP contribution in [0.5, 0.6) is 11.5 Å². The lowest BCUT2D eigenvalue weighted by Crippen LogP contribution is -2.30. The number of aromatic hydroxyl groups is 1. The molecule has 0 saturated carbocycles. The smallest absolute Gasteiger partial charge is 0.124 e. The van der Waals surface area contributed by atoms with Gasteiger partial charge in [-0.05, 0) is 19.4 Å². The van der Waals surface area contributed by atoms with E-state index in [1.54, 1.807) is 13.2 Å². The molecule has 2 unspecified atom stereocenters. The zero-order valence-corrected chi connectivity index (χ0v) is 11.1. The Morgan fingerprint density at radius 2 is 2.22 bits per heavy atom. The number of nitriles is 1. The minimum absolute atomic E-state index is 0.00536. The lowest BCUT2D eigenvalue weighted by atomic mass is 10.0. The molecular weight excluding hydrogens is 228 g/mol. The number of nitrogens with zero attached hydrogens (tertiary/aromatic N) is 1. The molecule has 0 saturated heterocycles. The van der Waals surface area contributed by atoms with E-state index >= 15 is 0 Å². The van der Waals surface area contributed by atoms with Crippen LogP contribution in [0.1, 0.15) is 38.3 Å². The van der Waals surface area contributed by atoms with Crippen LogP contribution in [0.3, 0.4) is 0 Å². The summed E-state index contributed by atoms with van der Waals surface area (Å²) in [4.78, 5) is 0. The Kier molecular flexibility index (Phi) is 5.47. The third-order valence-corrected chi connectivity index (χ3v) is 3.02. The summed E-state index contributed by atoms with van der Waals surface area (Å²) in [5.74, 6) is 0.841. The second kappa shape index (κ2) is 6.87. The SMILES string of the molecule is CCC(CC#N)NC(C)c1ccc(OC)cc1O. The monoisotopic (exact) mass is 248 g/mol. The van der Waals surface area contributed by atoms with Crippen LogP contribution >= 0.6 is 0 Å². The third kappa shape index (κ3) is 3.64. The summed E-state index contributed by atoms with van der Waals surface area (Å²) in [6.45, 7) is 4.01. The minimum Gasteiger partial charge on any atom is -0.507 e. The number of phenols is 1. The first-order chi connectivity index (χ1) is 8.62. The summed E-state index contributed by atoms with van der Waals surface area (Å²) >= 11 is 0. The van der Waals surface area contributed by atoms with Crippen LogP contribution in [0.2, 0.25) is 0 Å². The molecule has 0 aliphatic carbocycles. The van der Waals surface area contributed by atoms with E-state index in [-0.39, 0.29) is 17.8 Å². The number of hydrogen-bond acceptors (Lipinski definition) is 4. The van der Waals surface area contributed by atoms with Crippen molar-refractivity contribution in [2.24, 2.45) is 0 Å². The highest BCUT2D eigenvalue weighted by Gasteiger charge is 2.15. The van der Waals surface area contributed by atoms with E-state index in [9.17, 15) is 5.11 Å². The highest BCUT2D eigenvalue weighted by Crippen LogP contribution is 2.28. The molecule has 0 bridgehead atoms.